The Morgan fingerprint density at radius 2 is 2.19 bits per heavy atom. The molecule has 0 radical (unpaired) electrons. The summed E-state index contributed by atoms with van der Waals surface area (Å²) in [4.78, 5) is 13.3. The number of nitrogens with one attached hydrogen (secondary N) is 2. The number of aromatic amines is 1. The summed E-state index contributed by atoms with van der Waals surface area (Å²) in [6, 6.07) is 7.76. The average Bonchev–Trinajstić information content (AvgIpc) is 3.14. The highest BCUT2D eigenvalue weighted by atomic mass is 16.5. The largest absolute Gasteiger partial charge is 0.420 e. The summed E-state index contributed by atoms with van der Waals surface area (Å²) in [7, 11) is 0. The molecule has 7 heteroatoms. The van der Waals surface area contributed by atoms with Gasteiger partial charge in [0.15, 0.2) is 0 Å². The Balaban J connectivity index is 2.10. The molecule has 3 heterocycles. The Hall–Kier alpha value is -3.27. The van der Waals surface area contributed by atoms with Crippen molar-refractivity contribution in [1.29, 1.82) is 5.26 Å². The van der Waals surface area contributed by atoms with Crippen molar-refractivity contribution in [3.05, 3.63) is 52.0 Å². The minimum Gasteiger partial charge on any atom is -0.420 e. The predicted octanol–water partition coefficient (Wildman–Crippen LogP) is 2.39. The van der Waals surface area contributed by atoms with Crippen molar-refractivity contribution in [2.24, 2.45) is 5.73 Å². The fourth-order valence-electron chi connectivity index (χ4n) is 4.03. The summed E-state index contributed by atoms with van der Waals surface area (Å²) in [6.45, 7) is 4.02. The molecule has 2 aromatic rings. The van der Waals surface area contributed by atoms with Crippen molar-refractivity contribution < 1.29 is 9.53 Å². The maximum atomic E-state index is 13.3. The Kier molecular flexibility index (Phi) is 3.51. The van der Waals surface area contributed by atoms with Gasteiger partial charge in [-0.2, -0.15) is 5.26 Å². The van der Waals surface area contributed by atoms with Gasteiger partial charge in [0.05, 0.1) is 5.56 Å². The van der Waals surface area contributed by atoms with Gasteiger partial charge in [0.1, 0.15) is 17.1 Å². The SMILES string of the molecule is CCCCc1[nH]nc2c1[C@@]1(C(=O)Nc3cccc(C)c31)C(C#N)=C(N)O2. The normalized spacial score (nSPS) is 20.4. The van der Waals surface area contributed by atoms with E-state index in [9.17, 15) is 10.1 Å². The molecule has 2 aliphatic heterocycles. The van der Waals surface area contributed by atoms with Crippen LogP contribution in [0, 0.1) is 18.3 Å². The third-order valence-electron chi connectivity index (χ3n) is 5.14. The topological polar surface area (TPSA) is 117 Å². The molecule has 1 spiro atoms. The number of anilines is 1. The van der Waals surface area contributed by atoms with E-state index in [1.807, 2.05) is 25.1 Å². The third kappa shape index (κ3) is 1.87. The molecule has 2 aliphatic rings. The van der Waals surface area contributed by atoms with Crippen molar-refractivity contribution in [1.82, 2.24) is 10.2 Å². The van der Waals surface area contributed by atoms with E-state index in [0.717, 1.165) is 29.7 Å². The summed E-state index contributed by atoms with van der Waals surface area (Å²) in [6.07, 6.45) is 2.62. The molecule has 0 fully saturated rings. The number of hydrogen-bond acceptors (Lipinski definition) is 5. The van der Waals surface area contributed by atoms with Gasteiger partial charge in [-0.3, -0.25) is 9.89 Å². The van der Waals surface area contributed by atoms with Crippen molar-refractivity contribution in [3.8, 4) is 11.9 Å². The number of fused-ring (bicyclic) bond motifs is 4. The van der Waals surface area contributed by atoms with Gasteiger partial charge in [0, 0.05) is 16.9 Å². The second kappa shape index (κ2) is 5.63. The van der Waals surface area contributed by atoms with Crippen molar-refractivity contribution >= 4 is 11.6 Å². The van der Waals surface area contributed by atoms with E-state index in [1.54, 1.807) is 0 Å². The van der Waals surface area contributed by atoms with E-state index in [-0.39, 0.29) is 23.2 Å². The zero-order chi connectivity index (χ0) is 18.5. The molecule has 1 amide bonds. The number of benzene rings is 1. The maximum absolute atomic E-state index is 13.3. The molecular weight excluding hydrogens is 330 g/mol. The summed E-state index contributed by atoms with van der Waals surface area (Å²) in [5.74, 6) is -0.122. The Morgan fingerprint density at radius 1 is 1.38 bits per heavy atom. The monoisotopic (exact) mass is 349 g/mol. The van der Waals surface area contributed by atoms with E-state index in [4.69, 9.17) is 10.5 Å². The summed E-state index contributed by atoms with van der Waals surface area (Å²) in [5, 5.41) is 20.0. The minimum atomic E-state index is -1.33. The molecule has 0 saturated heterocycles. The Labute approximate surface area is 150 Å². The molecule has 26 heavy (non-hydrogen) atoms. The number of amides is 1. The average molecular weight is 349 g/mol. The number of aryl methyl sites for hydroxylation is 2. The number of aromatic nitrogens is 2. The van der Waals surface area contributed by atoms with Gasteiger partial charge in [0.2, 0.25) is 17.7 Å². The number of unbranched alkanes of at least 4 members (excludes halogenated alkanes) is 1. The lowest BCUT2D eigenvalue weighted by Crippen LogP contribution is -2.43. The lowest BCUT2D eigenvalue weighted by atomic mass is 9.67. The minimum absolute atomic E-state index is 0.0835. The van der Waals surface area contributed by atoms with Crippen molar-refractivity contribution in [3.63, 3.8) is 0 Å². The van der Waals surface area contributed by atoms with Gasteiger partial charge in [-0.25, -0.2) is 0 Å². The van der Waals surface area contributed by atoms with E-state index in [2.05, 4.69) is 28.5 Å². The molecule has 132 valence electrons. The molecule has 4 N–H and O–H groups in total. The van der Waals surface area contributed by atoms with Crippen LogP contribution in [-0.4, -0.2) is 16.1 Å². The third-order valence-corrected chi connectivity index (χ3v) is 5.14. The standard InChI is InChI=1S/C19H19N5O2/c1-3-4-7-13-15-17(24-23-13)26-16(21)11(9-20)19(15)14-10(2)6-5-8-12(14)22-18(19)25/h5-6,8H,3-4,7,21H2,1-2H3,(H,22,25)(H,23,24)/t19-/m1/s1. The quantitative estimate of drug-likeness (QED) is 0.786. The van der Waals surface area contributed by atoms with E-state index in [0.29, 0.717) is 17.7 Å². The number of nitrogens with two attached hydrogens (primary N) is 1. The van der Waals surface area contributed by atoms with Gasteiger partial charge in [0.25, 0.3) is 0 Å². The fourth-order valence-corrected chi connectivity index (χ4v) is 4.03. The molecule has 0 aliphatic carbocycles. The highest BCUT2D eigenvalue weighted by Crippen LogP contribution is 2.54. The van der Waals surface area contributed by atoms with Crippen LogP contribution in [0.4, 0.5) is 5.69 Å². The lowest BCUT2D eigenvalue weighted by molar-refractivity contribution is -0.118. The summed E-state index contributed by atoms with van der Waals surface area (Å²) in [5.41, 5.74) is 8.54. The first-order valence-corrected chi connectivity index (χ1v) is 8.63. The first kappa shape index (κ1) is 16.2. The van der Waals surface area contributed by atoms with Crippen molar-refractivity contribution in [2.75, 3.05) is 5.32 Å². The number of ether oxygens (including phenoxy) is 1. The number of H-pyrrole nitrogens is 1. The number of nitriles is 1. The van der Waals surface area contributed by atoms with Crippen LogP contribution in [0.5, 0.6) is 5.88 Å². The fraction of sp³-hybridized carbons (Fsp3) is 0.316. The van der Waals surface area contributed by atoms with Gasteiger partial charge < -0.3 is 15.8 Å². The Bertz CT molecular complexity index is 998. The van der Waals surface area contributed by atoms with Crippen LogP contribution in [0.1, 0.15) is 42.1 Å². The molecular formula is C19H19N5O2. The number of carbonyl (C=O) groups is 1. The smallest absolute Gasteiger partial charge is 0.245 e. The number of carbonyl (C=O) groups excluding carboxylic acids is 1. The molecule has 0 bridgehead atoms. The zero-order valence-electron chi connectivity index (χ0n) is 14.6. The van der Waals surface area contributed by atoms with E-state index >= 15 is 0 Å². The zero-order valence-corrected chi connectivity index (χ0v) is 14.6. The number of rotatable bonds is 3. The molecule has 7 nitrogen and oxygen atoms in total. The lowest BCUT2D eigenvalue weighted by Gasteiger charge is -2.32. The molecule has 0 unspecified atom stereocenters. The first-order chi connectivity index (χ1) is 12.6. The Morgan fingerprint density at radius 3 is 2.92 bits per heavy atom. The van der Waals surface area contributed by atoms with Crippen LogP contribution in [0.15, 0.2) is 29.7 Å². The van der Waals surface area contributed by atoms with Gasteiger partial charge in [-0.1, -0.05) is 25.5 Å². The highest BCUT2D eigenvalue weighted by molar-refractivity contribution is 6.13. The van der Waals surface area contributed by atoms with Gasteiger partial charge in [-0.15, -0.1) is 5.10 Å². The number of nitrogens with zero attached hydrogens (tertiary/aromatic N) is 2. The van der Waals surface area contributed by atoms with Crippen LogP contribution in [0.25, 0.3) is 0 Å². The second-order valence-electron chi connectivity index (χ2n) is 6.64. The first-order valence-electron chi connectivity index (χ1n) is 8.63. The maximum Gasteiger partial charge on any atom is 0.245 e. The molecule has 1 atom stereocenters. The molecule has 0 saturated carbocycles. The van der Waals surface area contributed by atoms with Crippen LogP contribution in [0.3, 0.4) is 0 Å². The second-order valence-corrected chi connectivity index (χ2v) is 6.64. The number of hydrogen-bond donors (Lipinski definition) is 3. The predicted molar refractivity (Wildman–Crippen MR) is 95.2 cm³/mol. The van der Waals surface area contributed by atoms with Crippen LogP contribution >= 0.6 is 0 Å². The van der Waals surface area contributed by atoms with Crippen LogP contribution < -0.4 is 15.8 Å². The van der Waals surface area contributed by atoms with E-state index in [1.165, 1.54) is 0 Å². The molecule has 4 rings (SSSR count). The van der Waals surface area contributed by atoms with Gasteiger partial charge >= 0.3 is 0 Å². The van der Waals surface area contributed by atoms with Crippen molar-refractivity contribution in [2.45, 2.75) is 38.5 Å². The molecule has 1 aromatic heterocycles. The summed E-state index contributed by atoms with van der Waals surface area (Å²) >= 11 is 0. The molecule has 1 aromatic carbocycles. The summed E-state index contributed by atoms with van der Waals surface area (Å²) < 4.78 is 5.60. The van der Waals surface area contributed by atoms with Crippen LogP contribution in [-0.2, 0) is 16.6 Å². The van der Waals surface area contributed by atoms with Crippen LogP contribution in [0.2, 0.25) is 0 Å². The van der Waals surface area contributed by atoms with Gasteiger partial charge in [-0.05, 0) is 31.4 Å². The highest BCUT2D eigenvalue weighted by Gasteiger charge is 2.59. The van der Waals surface area contributed by atoms with E-state index < -0.39 is 5.41 Å².